The molecule has 0 radical (unpaired) electrons. The lowest BCUT2D eigenvalue weighted by atomic mass is 9.96. The van der Waals surface area contributed by atoms with Gasteiger partial charge in [-0.1, -0.05) is 43.8 Å². The van der Waals surface area contributed by atoms with Crippen LogP contribution in [0.2, 0.25) is 0 Å². The molecular formula is C26H30N6O2S2. The first-order chi connectivity index (χ1) is 17.4. The maximum atomic E-state index is 12.8. The number of fused-ring (bicyclic) bond motifs is 1. The normalized spacial score (nSPS) is 13.6. The van der Waals surface area contributed by atoms with E-state index in [0.29, 0.717) is 33.7 Å². The molecule has 0 fully saturated rings. The van der Waals surface area contributed by atoms with Crippen molar-refractivity contribution in [1.29, 1.82) is 5.26 Å². The second-order valence-corrected chi connectivity index (χ2v) is 11.1. The fraction of sp³-hybridized carbons (Fsp3) is 0.423. The Morgan fingerprint density at radius 2 is 1.94 bits per heavy atom. The van der Waals surface area contributed by atoms with Crippen molar-refractivity contribution in [1.82, 2.24) is 20.1 Å². The van der Waals surface area contributed by atoms with Crippen LogP contribution in [0.1, 0.15) is 71.8 Å². The molecule has 36 heavy (non-hydrogen) atoms. The molecule has 8 nitrogen and oxygen atoms in total. The summed E-state index contributed by atoms with van der Waals surface area (Å²) in [4.78, 5) is 26.8. The molecule has 188 valence electrons. The number of benzene rings is 1. The van der Waals surface area contributed by atoms with Gasteiger partial charge in [-0.15, -0.1) is 21.5 Å². The van der Waals surface area contributed by atoms with Gasteiger partial charge in [0.2, 0.25) is 5.91 Å². The molecule has 0 bridgehead atoms. The standard InChI is InChI=1S/C26H30N6O2S2/c1-4-32-23(22(16(2)3)29-24(34)17-10-6-5-7-11-17)30-31-26(32)35-15-21(33)28-25-19(14-27)18-12-8-9-13-20(18)36-25/h5-7,10-11,16,22H,4,8-9,12-13,15H2,1-3H3,(H,28,33)(H,29,34). The van der Waals surface area contributed by atoms with E-state index in [9.17, 15) is 14.9 Å². The van der Waals surface area contributed by atoms with Gasteiger partial charge in [-0.2, -0.15) is 5.26 Å². The second kappa shape index (κ2) is 11.7. The Kier molecular flexibility index (Phi) is 8.44. The number of hydrogen-bond acceptors (Lipinski definition) is 7. The number of aryl methyl sites for hydroxylation is 1. The Bertz CT molecular complexity index is 1280. The molecule has 1 unspecified atom stereocenters. The smallest absolute Gasteiger partial charge is 0.251 e. The van der Waals surface area contributed by atoms with Crippen molar-refractivity contribution >= 4 is 39.9 Å². The van der Waals surface area contributed by atoms with Gasteiger partial charge in [0.05, 0.1) is 17.4 Å². The van der Waals surface area contributed by atoms with Gasteiger partial charge in [-0.05, 0) is 56.2 Å². The number of rotatable bonds is 9. The van der Waals surface area contributed by atoms with Crippen molar-refractivity contribution in [2.45, 2.75) is 64.2 Å². The number of nitriles is 1. The molecular weight excluding hydrogens is 492 g/mol. The molecule has 4 rings (SSSR count). The van der Waals surface area contributed by atoms with E-state index in [-0.39, 0.29) is 29.5 Å². The van der Waals surface area contributed by atoms with Crippen LogP contribution >= 0.6 is 23.1 Å². The van der Waals surface area contributed by atoms with E-state index in [1.807, 2.05) is 43.5 Å². The summed E-state index contributed by atoms with van der Waals surface area (Å²) in [5, 5.41) is 25.7. The number of thiophene rings is 1. The number of anilines is 1. The Morgan fingerprint density at radius 1 is 1.19 bits per heavy atom. The van der Waals surface area contributed by atoms with Gasteiger partial charge in [0.1, 0.15) is 11.1 Å². The lowest BCUT2D eigenvalue weighted by molar-refractivity contribution is -0.113. The predicted octanol–water partition coefficient (Wildman–Crippen LogP) is 4.97. The minimum atomic E-state index is -0.330. The van der Waals surface area contributed by atoms with Crippen LogP contribution in [-0.2, 0) is 24.2 Å². The molecule has 2 N–H and O–H groups in total. The number of carbonyl (C=O) groups is 2. The summed E-state index contributed by atoms with van der Waals surface area (Å²) in [6.07, 6.45) is 4.08. The maximum absolute atomic E-state index is 12.8. The fourth-order valence-electron chi connectivity index (χ4n) is 4.34. The Morgan fingerprint density at radius 3 is 2.64 bits per heavy atom. The molecule has 1 aromatic carbocycles. The molecule has 2 amide bonds. The number of aromatic nitrogens is 3. The zero-order valence-corrected chi connectivity index (χ0v) is 22.3. The molecule has 1 atom stereocenters. The molecule has 0 aliphatic heterocycles. The predicted molar refractivity (Wildman–Crippen MR) is 142 cm³/mol. The number of amides is 2. The first-order valence-electron chi connectivity index (χ1n) is 12.2. The minimum Gasteiger partial charge on any atom is -0.342 e. The van der Waals surface area contributed by atoms with E-state index in [2.05, 4.69) is 26.9 Å². The van der Waals surface area contributed by atoms with Crippen LogP contribution in [0.25, 0.3) is 0 Å². The molecule has 1 aliphatic carbocycles. The zero-order valence-electron chi connectivity index (χ0n) is 20.7. The van der Waals surface area contributed by atoms with Gasteiger partial charge in [0.25, 0.3) is 5.91 Å². The number of carbonyl (C=O) groups excluding carboxylic acids is 2. The van der Waals surface area contributed by atoms with E-state index in [1.165, 1.54) is 28.0 Å². The average molecular weight is 523 g/mol. The van der Waals surface area contributed by atoms with Crippen molar-refractivity contribution in [2.24, 2.45) is 5.92 Å². The molecule has 2 heterocycles. The fourth-order valence-corrected chi connectivity index (χ4v) is 6.41. The lowest BCUT2D eigenvalue weighted by Gasteiger charge is -2.22. The molecule has 10 heteroatoms. The zero-order chi connectivity index (χ0) is 25.7. The quantitative estimate of drug-likeness (QED) is 0.384. The summed E-state index contributed by atoms with van der Waals surface area (Å²) in [6, 6.07) is 11.0. The van der Waals surface area contributed by atoms with Crippen LogP contribution < -0.4 is 10.6 Å². The SMILES string of the molecule is CCn1c(SCC(=O)Nc2sc3c(c2C#N)CCCC3)nnc1C(NC(=O)c1ccccc1)C(C)C. The summed E-state index contributed by atoms with van der Waals surface area (Å²) in [6.45, 7) is 6.65. The van der Waals surface area contributed by atoms with E-state index < -0.39 is 0 Å². The van der Waals surface area contributed by atoms with Gasteiger partial charge >= 0.3 is 0 Å². The topological polar surface area (TPSA) is 113 Å². The van der Waals surface area contributed by atoms with Crippen LogP contribution in [0.5, 0.6) is 0 Å². The van der Waals surface area contributed by atoms with Crippen molar-refractivity contribution in [3.63, 3.8) is 0 Å². The summed E-state index contributed by atoms with van der Waals surface area (Å²) >= 11 is 2.82. The minimum absolute atomic E-state index is 0.0857. The summed E-state index contributed by atoms with van der Waals surface area (Å²) < 4.78 is 1.94. The van der Waals surface area contributed by atoms with Crippen LogP contribution in [0.3, 0.4) is 0 Å². The van der Waals surface area contributed by atoms with Crippen molar-refractivity contribution in [3.05, 3.63) is 57.7 Å². The molecule has 1 aliphatic rings. The molecule has 0 spiro atoms. The maximum Gasteiger partial charge on any atom is 0.251 e. The molecule has 0 saturated heterocycles. The first-order valence-corrected chi connectivity index (χ1v) is 14.0. The summed E-state index contributed by atoms with van der Waals surface area (Å²) in [5.41, 5.74) is 2.30. The van der Waals surface area contributed by atoms with Crippen molar-refractivity contribution < 1.29 is 9.59 Å². The van der Waals surface area contributed by atoms with E-state index >= 15 is 0 Å². The average Bonchev–Trinajstić information content (AvgIpc) is 3.46. The third-order valence-corrected chi connectivity index (χ3v) is 8.37. The summed E-state index contributed by atoms with van der Waals surface area (Å²) in [7, 11) is 0. The monoisotopic (exact) mass is 522 g/mol. The van der Waals surface area contributed by atoms with Crippen LogP contribution in [-0.4, -0.2) is 32.3 Å². The Labute approximate surface area is 219 Å². The number of nitrogens with zero attached hydrogens (tertiary/aromatic N) is 4. The van der Waals surface area contributed by atoms with Crippen LogP contribution in [0.15, 0.2) is 35.5 Å². The van der Waals surface area contributed by atoms with Gasteiger partial charge in [-0.3, -0.25) is 9.59 Å². The van der Waals surface area contributed by atoms with Gasteiger partial charge < -0.3 is 15.2 Å². The highest BCUT2D eigenvalue weighted by Crippen LogP contribution is 2.37. The Balaban J connectivity index is 1.45. The molecule has 2 aromatic heterocycles. The molecule has 0 saturated carbocycles. The number of thioether (sulfide) groups is 1. The van der Waals surface area contributed by atoms with Crippen LogP contribution in [0, 0.1) is 17.2 Å². The summed E-state index contributed by atoms with van der Waals surface area (Å²) in [5.74, 6) is 0.550. The van der Waals surface area contributed by atoms with Gasteiger partial charge in [0, 0.05) is 17.0 Å². The van der Waals surface area contributed by atoms with E-state index in [1.54, 1.807) is 12.1 Å². The second-order valence-electron chi connectivity index (χ2n) is 9.01. The number of nitrogens with one attached hydrogen (secondary N) is 2. The molecule has 3 aromatic rings. The third-order valence-electron chi connectivity index (χ3n) is 6.20. The number of hydrogen-bond donors (Lipinski definition) is 2. The first kappa shape index (κ1) is 25.9. The third kappa shape index (κ3) is 5.63. The Hall–Kier alpha value is -3.16. The van der Waals surface area contributed by atoms with Gasteiger partial charge in [0.15, 0.2) is 11.0 Å². The van der Waals surface area contributed by atoms with E-state index in [0.717, 1.165) is 31.2 Å². The lowest BCUT2D eigenvalue weighted by Crippen LogP contribution is -2.33. The van der Waals surface area contributed by atoms with E-state index in [4.69, 9.17) is 0 Å². The van der Waals surface area contributed by atoms with Crippen molar-refractivity contribution in [2.75, 3.05) is 11.1 Å². The van der Waals surface area contributed by atoms with Gasteiger partial charge in [-0.25, -0.2) is 0 Å². The highest BCUT2D eigenvalue weighted by molar-refractivity contribution is 7.99. The van der Waals surface area contributed by atoms with Crippen LogP contribution in [0.4, 0.5) is 5.00 Å². The highest BCUT2D eigenvalue weighted by Gasteiger charge is 2.27. The largest absolute Gasteiger partial charge is 0.342 e. The highest BCUT2D eigenvalue weighted by atomic mass is 32.2. The van der Waals surface area contributed by atoms with Crippen molar-refractivity contribution in [3.8, 4) is 6.07 Å².